The summed E-state index contributed by atoms with van der Waals surface area (Å²) < 4.78 is 5.10. The SMILES string of the molecule is C[C@H](OC(=O)CN1C(=O)N[C@]2(CCCC[C@H]2C)C1=O)C(=O)Nc1cccnc1Cl. The highest BCUT2D eigenvalue weighted by atomic mass is 35.5. The van der Waals surface area contributed by atoms with Crippen LogP contribution in [0.25, 0.3) is 0 Å². The second-order valence-electron chi connectivity index (χ2n) is 7.40. The van der Waals surface area contributed by atoms with Crippen molar-refractivity contribution in [1.29, 1.82) is 0 Å². The maximum atomic E-state index is 12.9. The van der Waals surface area contributed by atoms with Crippen LogP contribution in [0.1, 0.15) is 39.5 Å². The van der Waals surface area contributed by atoms with Crippen molar-refractivity contribution >= 4 is 41.1 Å². The molecule has 0 unspecified atom stereocenters. The van der Waals surface area contributed by atoms with Gasteiger partial charge in [0.05, 0.1) is 5.69 Å². The third kappa shape index (κ3) is 4.19. The second-order valence-corrected chi connectivity index (χ2v) is 7.76. The van der Waals surface area contributed by atoms with Crippen LogP contribution in [-0.2, 0) is 19.1 Å². The lowest BCUT2D eigenvalue weighted by Gasteiger charge is -2.36. The van der Waals surface area contributed by atoms with Crippen molar-refractivity contribution in [2.75, 3.05) is 11.9 Å². The molecule has 4 amide bonds. The number of halogens is 1. The van der Waals surface area contributed by atoms with Gasteiger partial charge in [-0.05, 0) is 37.8 Å². The van der Waals surface area contributed by atoms with Crippen LogP contribution in [-0.4, -0.2) is 51.9 Å². The molecule has 156 valence electrons. The minimum Gasteiger partial charge on any atom is -0.451 e. The number of carbonyl (C=O) groups excluding carboxylic acids is 4. The number of aromatic nitrogens is 1. The van der Waals surface area contributed by atoms with Crippen LogP contribution >= 0.6 is 11.6 Å². The van der Waals surface area contributed by atoms with Crippen molar-refractivity contribution in [1.82, 2.24) is 15.2 Å². The molecule has 0 radical (unpaired) electrons. The first-order chi connectivity index (χ1) is 13.7. The zero-order valence-electron chi connectivity index (χ0n) is 16.2. The van der Waals surface area contributed by atoms with E-state index in [1.165, 1.54) is 13.1 Å². The Labute approximate surface area is 173 Å². The van der Waals surface area contributed by atoms with Gasteiger partial charge in [0.15, 0.2) is 11.3 Å². The van der Waals surface area contributed by atoms with Gasteiger partial charge in [-0.15, -0.1) is 0 Å². The summed E-state index contributed by atoms with van der Waals surface area (Å²) in [6.45, 7) is 2.76. The van der Waals surface area contributed by atoms with Gasteiger partial charge in [-0.25, -0.2) is 9.78 Å². The summed E-state index contributed by atoms with van der Waals surface area (Å²) >= 11 is 5.88. The molecule has 29 heavy (non-hydrogen) atoms. The van der Waals surface area contributed by atoms with E-state index >= 15 is 0 Å². The van der Waals surface area contributed by atoms with Crippen molar-refractivity contribution in [3.63, 3.8) is 0 Å². The van der Waals surface area contributed by atoms with E-state index in [1.807, 2.05) is 6.92 Å². The lowest BCUT2D eigenvalue weighted by Crippen LogP contribution is -2.54. The first kappa shape index (κ1) is 21.0. The highest BCUT2D eigenvalue weighted by Crippen LogP contribution is 2.38. The van der Waals surface area contributed by atoms with Crippen LogP contribution in [0.5, 0.6) is 0 Å². The molecule has 1 aliphatic carbocycles. The van der Waals surface area contributed by atoms with Crippen molar-refractivity contribution in [3.05, 3.63) is 23.5 Å². The van der Waals surface area contributed by atoms with Crippen LogP contribution in [0.3, 0.4) is 0 Å². The van der Waals surface area contributed by atoms with Gasteiger partial charge in [-0.2, -0.15) is 0 Å². The quantitative estimate of drug-likeness (QED) is 0.426. The lowest BCUT2D eigenvalue weighted by molar-refractivity contribution is -0.155. The van der Waals surface area contributed by atoms with E-state index in [9.17, 15) is 19.2 Å². The highest BCUT2D eigenvalue weighted by molar-refractivity contribution is 6.32. The molecular formula is C19H23ClN4O5. The van der Waals surface area contributed by atoms with Gasteiger partial charge in [-0.1, -0.05) is 31.4 Å². The fourth-order valence-electron chi connectivity index (χ4n) is 3.77. The molecule has 1 spiro atoms. The molecule has 1 saturated heterocycles. The van der Waals surface area contributed by atoms with Gasteiger partial charge >= 0.3 is 12.0 Å². The summed E-state index contributed by atoms with van der Waals surface area (Å²) in [5.41, 5.74) is -0.667. The molecule has 3 atom stereocenters. The van der Waals surface area contributed by atoms with Gasteiger partial charge in [0.2, 0.25) is 0 Å². The monoisotopic (exact) mass is 422 g/mol. The summed E-state index contributed by atoms with van der Waals surface area (Å²) in [5.74, 6) is -1.88. The van der Waals surface area contributed by atoms with Gasteiger partial charge in [-0.3, -0.25) is 19.3 Å². The number of urea groups is 1. The molecule has 3 rings (SSSR count). The fraction of sp³-hybridized carbons (Fsp3) is 0.526. The molecule has 2 N–H and O–H groups in total. The number of pyridine rings is 1. The number of esters is 1. The third-order valence-corrected chi connectivity index (χ3v) is 5.78. The van der Waals surface area contributed by atoms with Gasteiger partial charge in [0.1, 0.15) is 12.1 Å². The number of ether oxygens (including phenoxy) is 1. The van der Waals surface area contributed by atoms with Crippen molar-refractivity contribution in [2.24, 2.45) is 5.92 Å². The molecular weight excluding hydrogens is 400 g/mol. The Morgan fingerprint density at radius 1 is 1.45 bits per heavy atom. The average Bonchev–Trinajstić information content (AvgIpc) is 2.91. The molecule has 2 heterocycles. The number of nitrogens with zero attached hydrogens (tertiary/aromatic N) is 2. The summed E-state index contributed by atoms with van der Waals surface area (Å²) in [6.07, 6.45) is 3.54. The second kappa shape index (κ2) is 8.36. The standard InChI is InChI=1S/C19H23ClN4O5/c1-11-6-3-4-8-19(11)17(27)24(18(28)23-19)10-14(25)29-12(2)16(26)22-13-7-5-9-21-15(13)20/h5,7,9,11-12H,3-4,6,8,10H2,1-2H3,(H,22,26)(H,23,28)/t11-,12+,19+/m1/s1. The number of imide groups is 1. The molecule has 10 heteroatoms. The molecule has 1 aromatic rings. The number of hydrogen-bond acceptors (Lipinski definition) is 6. The number of nitrogens with one attached hydrogen (secondary N) is 2. The number of amides is 4. The maximum absolute atomic E-state index is 12.9. The predicted molar refractivity (Wildman–Crippen MR) is 104 cm³/mol. The molecule has 1 aliphatic heterocycles. The van der Waals surface area contributed by atoms with E-state index in [1.54, 1.807) is 12.1 Å². The minimum atomic E-state index is -1.15. The number of rotatable bonds is 5. The van der Waals surface area contributed by atoms with Crippen molar-refractivity contribution in [2.45, 2.75) is 51.2 Å². The Balaban J connectivity index is 1.58. The number of anilines is 1. The molecule has 0 aromatic carbocycles. The summed E-state index contributed by atoms with van der Waals surface area (Å²) in [5, 5.41) is 5.38. The summed E-state index contributed by atoms with van der Waals surface area (Å²) in [7, 11) is 0. The average molecular weight is 423 g/mol. The van der Waals surface area contributed by atoms with Crippen LogP contribution in [0.4, 0.5) is 10.5 Å². The minimum absolute atomic E-state index is 0.0114. The molecule has 2 aliphatic rings. The third-order valence-electron chi connectivity index (χ3n) is 5.48. The van der Waals surface area contributed by atoms with Crippen molar-refractivity contribution < 1.29 is 23.9 Å². The zero-order chi connectivity index (χ0) is 21.2. The molecule has 2 fully saturated rings. The molecule has 1 saturated carbocycles. The Kier molecular flexibility index (Phi) is 6.07. The van der Waals surface area contributed by atoms with Crippen LogP contribution < -0.4 is 10.6 Å². The molecule has 9 nitrogen and oxygen atoms in total. The highest BCUT2D eigenvalue weighted by Gasteiger charge is 2.55. The first-order valence-electron chi connectivity index (χ1n) is 9.49. The van der Waals surface area contributed by atoms with Gasteiger partial charge < -0.3 is 15.4 Å². The van der Waals surface area contributed by atoms with Crippen LogP contribution in [0, 0.1) is 5.92 Å². The van der Waals surface area contributed by atoms with E-state index in [4.69, 9.17) is 16.3 Å². The number of hydrogen-bond donors (Lipinski definition) is 2. The Morgan fingerprint density at radius 2 is 2.21 bits per heavy atom. The summed E-state index contributed by atoms with van der Waals surface area (Å²) in [4.78, 5) is 54.4. The Hall–Kier alpha value is -2.68. The number of carbonyl (C=O) groups is 4. The topological polar surface area (TPSA) is 118 Å². The Morgan fingerprint density at radius 3 is 2.90 bits per heavy atom. The van der Waals surface area contributed by atoms with Crippen LogP contribution in [0.15, 0.2) is 18.3 Å². The largest absolute Gasteiger partial charge is 0.451 e. The van der Waals surface area contributed by atoms with E-state index in [0.29, 0.717) is 6.42 Å². The van der Waals surface area contributed by atoms with Crippen molar-refractivity contribution in [3.8, 4) is 0 Å². The van der Waals surface area contributed by atoms with Gasteiger partial charge in [0.25, 0.3) is 11.8 Å². The summed E-state index contributed by atoms with van der Waals surface area (Å²) in [6, 6.07) is 2.54. The molecule has 0 bridgehead atoms. The first-order valence-corrected chi connectivity index (χ1v) is 9.87. The maximum Gasteiger partial charge on any atom is 0.327 e. The van der Waals surface area contributed by atoms with Gasteiger partial charge in [0, 0.05) is 6.20 Å². The fourth-order valence-corrected chi connectivity index (χ4v) is 3.94. The normalized spacial score (nSPS) is 24.9. The van der Waals surface area contributed by atoms with E-state index < -0.39 is 42.0 Å². The smallest absolute Gasteiger partial charge is 0.327 e. The zero-order valence-corrected chi connectivity index (χ0v) is 17.0. The Bertz CT molecular complexity index is 848. The van der Waals surface area contributed by atoms with E-state index in [0.717, 1.165) is 24.2 Å². The molecule has 1 aromatic heterocycles. The lowest BCUT2D eigenvalue weighted by atomic mass is 9.73. The predicted octanol–water partition coefficient (Wildman–Crippen LogP) is 2.11. The van der Waals surface area contributed by atoms with E-state index in [2.05, 4.69) is 15.6 Å². The van der Waals surface area contributed by atoms with E-state index in [-0.39, 0.29) is 16.8 Å². The van der Waals surface area contributed by atoms with Crippen LogP contribution in [0.2, 0.25) is 5.15 Å².